The predicted octanol–water partition coefficient (Wildman–Crippen LogP) is 3.80. The van der Waals surface area contributed by atoms with Crippen molar-refractivity contribution in [3.63, 3.8) is 0 Å². The van der Waals surface area contributed by atoms with Gasteiger partial charge < -0.3 is 0 Å². The van der Waals surface area contributed by atoms with Crippen molar-refractivity contribution in [2.45, 2.75) is 25.8 Å². The highest BCUT2D eigenvalue weighted by Gasteiger charge is 2.25. The first-order valence-corrected chi connectivity index (χ1v) is 11.6. The average Bonchev–Trinajstić information content (AvgIpc) is 3.10. The van der Waals surface area contributed by atoms with E-state index in [0.717, 1.165) is 73.1 Å². The highest BCUT2D eigenvalue weighted by Crippen LogP contribution is 2.25. The minimum absolute atomic E-state index is 0.348. The monoisotopic (exact) mass is 445 g/mol. The predicted molar refractivity (Wildman–Crippen MR) is 125 cm³/mol. The van der Waals surface area contributed by atoms with E-state index < -0.39 is 0 Å². The molecule has 1 N–H and O–H groups in total. The Kier molecular flexibility index (Phi) is 5.96. The molecule has 7 nitrogen and oxygen atoms in total. The molecule has 0 spiro atoms. The molecule has 2 aliphatic heterocycles. The van der Waals surface area contributed by atoms with Gasteiger partial charge in [-0.15, -0.1) is 0 Å². The summed E-state index contributed by atoms with van der Waals surface area (Å²) >= 11 is 0.900. The molecule has 2 aliphatic rings. The van der Waals surface area contributed by atoms with Crippen molar-refractivity contribution in [2.75, 3.05) is 13.1 Å². The Morgan fingerprint density at radius 3 is 2.91 bits per heavy atom. The number of piperidine rings is 1. The minimum atomic E-state index is -0.370. The van der Waals surface area contributed by atoms with Crippen LogP contribution in [0, 0.1) is 5.92 Å². The van der Waals surface area contributed by atoms with Gasteiger partial charge in [-0.2, -0.15) is 0 Å². The molecule has 4 heterocycles. The van der Waals surface area contributed by atoms with E-state index in [2.05, 4.69) is 44.5 Å². The van der Waals surface area contributed by atoms with E-state index in [1.54, 1.807) is 18.3 Å². The molecule has 2 aromatic heterocycles. The van der Waals surface area contributed by atoms with Crippen molar-refractivity contribution in [2.24, 2.45) is 5.92 Å². The molecule has 2 fully saturated rings. The number of pyridine rings is 1. The van der Waals surface area contributed by atoms with Crippen LogP contribution in [0.15, 0.2) is 53.6 Å². The van der Waals surface area contributed by atoms with Crippen molar-refractivity contribution < 1.29 is 9.59 Å². The van der Waals surface area contributed by atoms with Gasteiger partial charge in [0.15, 0.2) is 0 Å². The van der Waals surface area contributed by atoms with E-state index in [9.17, 15) is 9.59 Å². The summed E-state index contributed by atoms with van der Waals surface area (Å²) < 4.78 is 0. The number of para-hydroxylation sites is 1. The number of hydrogen-bond donors (Lipinski definition) is 1. The van der Waals surface area contributed by atoms with Crippen molar-refractivity contribution >= 4 is 39.9 Å². The second-order valence-electron chi connectivity index (χ2n) is 8.19. The van der Waals surface area contributed by atoms with Crippen molar-refractivity contribution in [1.29, 1.82) is 0 Å². The molecule has 0 saturated carbocycles. The van der Waals surface area contributed by atoms with Gasteiger partial charge in [-0.05, 0) is 61.3 Å². The van der Waals surface area contributed by atoms with Crippen LogP contribution in [0.1, 0.15) is 30.1 Å². The molecule has 8 heteroatoms. The third-order valence-electron chi connectivity index (χ3n) is 5.76. The van der Waals surface area contributed by atoms with Crippen LogP contribution in [-0.2, 0) is 17.8 Å². The lowest BCUT2D eigenvalue weighted by atomic mass is 9.94. The van der Waals surface area contributed by atoms with Crippen LogP contribution < -0.4 is 5.32 Å². The van der Waals surface area contributed by atoms with Crippen LogP contribution in [0.3, 0.4) is 0 Å². The molecule has 1 aromatic carbocycles. The molecule has 32 heavy (non-hydrogen) atoms. The number of nitrogens with zero attached hydrogens (tertiary/aromatic N) is 4. The van der Waals surface area contributed by atoms with Crippen molar-refractivity contribution in [1.82, 2.24) is 25.2 Å². The lowest BCUT2D eigenvalue weighted by Gasteiger charge is -2.32. The Hall–Kier alpha value is -3.10. The molecule has 2 amide bonds. The van der Waals surface area contributed by atoms with Gasteiger partial charge in [0.2, 0.25) is 0 Å². The molecular weight excluding hydrogens is 422 g/mol. The van der Waals surface area contributed by atoms with E-state index in [1.165, 1.54) is 0 Å². The van der Waals surface area contributed by atoms with Crippen LogP contribution in [0.25, 0.3) is 17.0 Å². The largest absolute Gasteiger partial charge is 0.297 e. The second kappa shape index (κ2) is 9.18. The number of aromatic nitrogens is 3. The maximum absolute atomic E-state index is 11.8. The molecule has 162 valence electrons. The number of benzene rings is 1. The van der Waals surface area contributed by atoms with Gasteiger partial charge in [0.1, 0.15) is 5.82 Å². The van der Waals surface area contributed by atoms with E-state index in [4.69, 9.17) is 4.98 Å². The van der Waals surface area contributed by atoms with Gasteiger partial charge in [0.05, 0.1) is 21.8 Å². The number of hydrogen-bond acceptors (Lipinski definition) is 7. The molecule has 0 aliphatic carbocycles. The number of carbonyl (C=O) groups excluding carboxylic acids is 2. The second-order valence-corrected chi connectivity index (χ2v) is 9.21. The Bertz CT molecular complexity index is 1210. The number of likely N-dealkylation sites (tertiary alicyclic amines) is 1. The molecule has 3 aromatic rings. The third kappa shape index (κ3) is 4.87. The number of rotatable bonds is 5. The number of fused-ring (bicyclic) bond motifs is 1. The van der Waals surface area contributed by atoms with Crippen molar-refractivity contribution in [3.8, 4) is 0 Å². The lowest BCUT2D eigenvalue weighted by Crippen LogP contribution is -2.36. The molecule has 1 atom stereocenters. The van der Waals surface area contributed by atoms with Crippen LogP contribution in [0.4, 0.5) is 4.79 Å². The summed E-state index contributed by atoms with van der Waals surface area (Å²) in [5.74, 6) is 0.869. The fourth-order valence-corrected chi connectivity index (χ4v) is 4.96. The van der Waals surface area contributed by atoms with Crippen LogP contribution in [-0.4, -0.2) is 44.1 Å². The molecule has 2 saturated heterocycles. The minimum Gasteiger partial charge on any atom is -0.297 e. The molecule has 0 unspecified atom stereocenters. The van der Waals surface area contributed by atoms with E-state index in [1.807, 2.05) is 12.1 Å². The van der Waals surface area contributed by atoms with E-state index in [0.29, 0.717) is 16.5 Å². The maximum Gasteiger partial charge on any atom is 0.290 e. The van der Waals surface area contributed by atoms with Gasteiger partial charge in [0, 0.05) is 31.1 Å². The third-order valence-corrected chi connectivity index (χ3v) is 6.57. The van der Waals surface area contributed by atoms with E-state index >= 15 is 0 Å². The topological polar surface area (TPSA) is 88.1 Å². The first kappa shape index (κ1) is 20.8. The highest BCUT2D eigenvalue weighted by molar-refractivity contribution is 8.18. The summed E-state index contributed by atoms with van der Waals surface area (Å²) in [5.41, 5.74) is 2.78. The normalized spacial score (nSPS) is 20.8. The van der Waals surface area contributed by atoms with Gasteiger partial charge in [0.25, 0.3) is 11.1 Å². The zero-order valence-electron chi connectivity index (χ0n) is 17.5. The van der Waals surface area contributed by atoms with Crippen LogP contribution >= 0.6 is 11.8 Å². The summed E-state index contributed by atoms with van der Waals surface area (Å²) in [5, 5.41) is 3.08. The number of carbonyl (C=O) groups is 2. The van der Waals surface area contributed by atoms with Gasteiger partial charge in [-0.1, -0.05) is 24.3 Å². The first-order chi connectivity index (χ1) is 15.6. The SMILES string of the molecule is O=C1NC(=O)/C(=C/c2ccnc(C[C@H]3CCCN(Cc4ccc5ccccc5n4)C3)n2)S1. The van der Waals surface area contributed by atoms with Gasteiger partial charge in [-0.25, -0.2) is 9.97 Å². The van der Waals surface area contributed by atoms with Gasteiger partial charge >= 0.3 is 0 Å². The molecule has 0 bridgehead atoms. The quantitative estimate of drug-likeness (QED) is 0.598. The Morgan fingerprint density at radius 1 is 1.12 bits per heavy atom. The number of amides is 2. The van der Waals surface area contributed by atoms with Crippen molar-refractivity contribution in [3.05, 3.63) is 70.8 Å². The fraction of sp³-hybridized carbons (Fsp3) is 0.292. The maximum atomic E-state index is 11.8. The lowest BCUT2D eigenvalue weighted by molar-refractivity contribution is -0.115. The zero-order chi connectivity index (χ0) is 21.9. The smallest absolute Gasteiger partial charge is 0.290 e. The Labute approximate surface area is 190 Å². The first-order valence-electron chi connectivity index (χ1n) is 10.8. The van der Waals surface area contributed by atoms with Gasteiger partial charge in [-0.3, -0.25) is 24.8 Å². The number of nitrogens with one attached hydrogen (secondary N) is 1. The highest BCUT2D eigenvalue weighted by atomic mass is 32.2. The van der Waals surface area contributed by atoms with Crippen LogP contribution in [0.5, 0.6) is 0 Å². The zero-order valence-corrected chi connectivity index (χ0v) is 18.3. The molecule has 5 rings (SSSR count). The summed E-state index contributed by atoms with van der Waals surface area (Å²) in [6.07, 6.45) is 6.43. The Morgan fingerprint density at radius 2 is 2.03 bits per heavy atom. The summed E-state index contributed by atoms with van der Waals surface area (Å²) in [7, 11) is 0. The van der Waals surface area contributed by atoms with Crippen LogP contribution in [0.2, 0.25) is 0 Å². The number of imide groups is 1. The average molecular weight is 446 g/mol. The fourth-order valence-electron chi connectivity index (χ4n) is 4.29. The molecule has 0 radical (unpaired) electrons. The summed E-state index contributed by atoms with van der Waals surface area (Å²) in [6.45, 7) is 2.89. The summed E-state index contributed by atoms with van der Waals surface area (Å²) in [4.78, 5) is 39.8. The summed E-state index contributed by atoms with van der Waals surface area (Å²) in [6, 6.07) is 14.2. The number of thioether (sulfide) groups is 1. The standard InChI is InChI=1S/C24H23N5O2S/c30-23-21(32-24(31)28-23)13-18-9-10-25-22(27-18)12-16-4-3-11-29(14-16)15-19-8-7-17-5-1-2-6-20(17)26-19/h1-2,5-10,13,16H,3-4,11-12,14-15H2,(H,28,30,31)/b21-13-/t16-/m1/s1. The van der Waals surface area contributed by atoms with E-state index in [-0.39, 0.29) is 11.1 Å². The molecular formula is C24H23N5O2S. The Balaban J connectivity index is 1.23.